The lowest BCUT2D eigenvalue weighted by molar-refractivity contribution is 0.112. The number of aromatic nitrogens is 2. The molecule has 3 nitrogen and oxygen atoms in total. The lowest BCUT2D eigenvalue weighted by atomic mass is 10.2. The Balaban J connectivity index is 1.94. The molecule has 0 atom stereocenters. The molecule has 1 saturated carbocycles. The zero-order valence-electron chi connectivity index (χ0n) is 10.1. The van der Waals surface area contributed by atoms with Crippen molar-refractivity contribution in [1.82, 2.24) is 9.78 Å². The van der Waals surface area contributed by atoms with Gasteiger partial charge in [0.1, 0.15) is 5.15 Å². The summed E-state index contributed by atoms with van der Waals surface area (Å²) in [6, 6.07) is 7.54. The van der Waals surface area contributed by atoms with E-state index in [-0.39, 0.29) is 0 Å². The largest absolute Gasteiger partial charge is 0.298 e. The highest BCUT2D eigenvalue weighted by molar-refractivity contribution is 6.32. The molecule has 0 unspecified atom stereocenters. The normalized spacial score (nSPS) is 14.6. The van der Waals surface area contributed by atoms with Crippen molar-refractivity contribution in [1.29, 1.82) is 0 Å². The van der Waals surface area contributed by atoms with Gasteiger partial charge in [0.2, 0.25) is 0 Å². The van der Waals surface area contributed by atoms with Gasteiger partial charge in [0.25, 0.3) is 0 Å². The number of nitrogens with zero attached hydrogens (tertiary/aromatic N) is 2. The molecule has 1 aliphatic rings. The second-order valence-corrected chi connectivity index (χ2v) is 5.56. The summed E-state index contributed by atoms with van der Waals surface area (Å²) < 4.78 is 1.67. The first-order chi connectivity index (χ1) is 9.19. The number of carbonyl (C=O) groups excluding carboxylic acids is 1. The SMILES string of the molecule is O=Cc1c(C2CC2)nn(Cc2cccc(Cl)c2)c1Cl. The molecule has 0 aliphatic heterocycles. The van der Waals surface area contributed by atoms with Gasteiger partial charge in [-0.2, -0.15) is 5.10 Å². The first-order valence-electron chi connectivity index (χ1n) is 6.15. The number of carbonyl (C=O) groups is 1. The van der Waals surface area contributed by atoms with E-state index in [1.165, 1.54) is 0 Å². The van der Waals surface area contributed by atoms with Crippen LogP contribution in [0.5, 0.6) is 0 Å². The third kappa shape index (κ3) is 2.53. The second-order valence-electron chi connectivity index (χ2n) is 4.77. The molecule has 1 aliphatic carbocycles. The first-order valence-corrected chi connectivity index (χ1v) is 6.90. The summed E-state index contributed by atoms with van der Waals surface area (Å²) >= 11 is 12.2. The molecule has 1 aromatic heterocycles. The fourth-order valence-corrected chi connectivity index (χ4v) is 2.60. The van der Waals surface area contributed by atoms with Gasteiger partial charge in [-0.3, -0.25) is 4.79 Å². The summed E-state index contributed by atoms with van der Waals surface area (Å²) in [4.78, 5) is 11.1. The van der Waals surface area contributed by atoms with E-state index in [0.29, 0.717) is 28.2 Å². The van der Waals surface area contributed by atoms with Crippen LogP contribution < -0.4 is 0 Å². The number of hydrogen-bond acceptors (Lipinski definition) is 2. The fraction of sp³-hybridized carbons (Fsp3) is 0.286. The van der Waals surface area contributed by atoms with Crippen molar-refractivity contribution in [3.63, 3.8) is 0 Å². The Labute approximate surface area is 121 Å². The molecule has 19 heavy (non-hydrogen) atoms. The van der Waals surface area contributed by atoms with Crippen LogP contribution in [0.1, 0.15) is 40.4 Å². The van der Waals surface area contributed by atoms with Crippen LogP contribution in [-0.2, 0) is 6.54 Å². The van der Waals surface area contributed by atoms with E-state index >= 15 is 0 Å². The van der Waals surface area contributed by atoms with Crippen LogP contribution in [0.15, 0.2) is 24.3 Å². The quantitative estimate of drug-likeness (QED) is 0.801. The Morgan fingerprint density at radius 1 is 1.37 bits per heavy atom. The molecular weight excluding hydrogens is 283 g/mol. The van der Waals surface area contributed by atoms with Gasteiger partial charge in [0.05, 0.1) is 17.8 Å². The van der Waals surface area contributed by atoms with Crippen molar-refractivity contribution in [2.24, 2.45) is 0 Å². The Hall–Kier alpha value is -1.32. The molecule has 1 aromatic carbocycles. The fourth-order valence-electron chi connectivity index (χ4n) is 2.15. The molecule has 0 bridgehead atoms. The van der Waals surface area contributed by atoms with Crippen molar-refractivity contribution in [2.75, 3.05) is 0 Å². The van der Waals surface area contributed by atoms with Gasteiger partial charge in [-0.15, -0.1) is 0 Å². The zero-order valence-corrected chi connectivity index (χ0v) is 11.7. The van der Waals surface area contributed by atoms with Crippen LogP contribution in [0, 0.1) is 0 Å². The molecule has 5 heteroatoms. The average Bonchev–Trinajstić information content (AvgIpc) is 3.17. The predicted octanol–water partition coefficient (Wildman–Crippen LogP) is 3.93. The van der Waals surface area contributed by atoms with Crippen molar-refractivity contribution in [3.8, 4) is 0 Å². The minimum atomic E-state index is 0.401. The number of rotatable bonds is 4. The van der Waals surface area contributed by atoms with Gasteiger partial charge in [0.15, 0.2) is 6.29 Å². The smallest absolute Gasteiger partial charge is 0.155 e. The Kier molecular flexibility index (Phi) is 3.33. The average molecular weight is 295 g/mol. The molecule has 1 heterocycles. The van der Waals surface area contributed by atoms with E-state index in [0.717, 1.165) is 30.4 Å². The summed E-state index contributed by atoms with van der Waals surface area (Å²) in [6.45, 7) is 0.521. The molecule has 2 aromatic rings. The lowest BCUT2D eigenvalue weighted by Gasteiger charge is -2.03. The van der Waals surface area contributed by atoms with Crippen LogP contribution in [-0.4, -0.2) is 16.1 Å². The summed E-state index contributed by atoms with van der Waals surface area (Å²) in [5.41, 5.74) is 2.38. The molecule has 3 rings (SSSR count). The van der Waals surface area contributed by atoms with Gasteiger partial charge in [-0.1, -0.05) is 35.3 Å². The topological polar surface area (TPSA) is 34.9 Å². The van der Waals surface area contributed by atoms with Crippen LogP contribution in [0.2, 0.25) is 10.2 Å². The van der Waals surface area contributed by atoms with Crippen LogP contribution in [0.3, 0.4) is 0 Å². The standard InChI is InChI=1S/C14H12Cl2N2O/c15-11-3-1-2-9(6-11)7-18-14(16)12(8-19)13(17-18)10-4-5-10/h1-3,6,8,10H,4-5,7H2. The number of hydrogen-bond donors (Lipinski definition) is 0. The van der Waals surface area contributed by atoms with E-state index in [2.05, 4.69) is 5.10 Å². The Bertz CT molecular complexity index is 632. The summed E-state index contributed by atoms with van der Waals surface area (Å²) in [7, 11) is 0. The third-order valence-corrected chi connectivity index (χ3v) is 3.89. The molecule has 0 spiro atoms. The number of benzene rings is 1. The maximum Gasteiger partial charge on any atom is 0.155 e. The highest BCUT2D eigenvalue weighted by atomic mass is 35.5. The monoisotopic (exact) mass is 294 g/mol. The molecule has 98 valence electrons. The zero-order chi connectivity index (χ0) is 13.4. The first kappa shape index (κ1) is 12.7. The Morgan fingerprint density at radius 2 is 2.16 bits per heavy atom. The van der Waals surface area contributed by atoms with Gasteiger partial charge in [-0.05, 0) is 30.5 Å². The third-order valence-electron chi connectivity index (χ3n) is 3.26. The molecule has 0 N–H and O–H groups in total. The van der Waals surface area contributed by atoms with E-state index < -0.39 is 0 Å². The highest BCUT2D eigenvalue weighted by Crippen LogP contribution is 2.42. The van der Waals surface area contributed by atoms with Gasteiger partial charge in [0, 0.05) is 10.9 Å². The molecular formula is C14H12Cl2N2O. The van der Waals surface area contributed by atoms with Crippen molar-refractivity contribution >= 4 is 29.5 Å². The van der Waals surface area contributed by atoms with E-state index in [1.807, 2.05) is 24.3 Å². The predicted molar refractivity (Wildman–Crippen MR) is 75.2 cm³/mol. The second kappa shape index (κ2) is 4.99. The van der Waals surface area contributed by atoms with Crippen molar-refractivity contribution in [3.05, 3.63) is 51.3 Å². The van der Waals surface area contributed by atoms with Gasteiger partial charge < -0.3 is 0 Å². The lowest BCUT2D eigenvalue weighted by Crippen LogP contribution is -2.02. The summed E-state index contributed by atoms with van der Waals surface area (Å²) in [5, 5.41) is 5.57. The van der Waals surface area contributed by atoms with Gasteiger partial charge in [-0.25, -0.2) is 4.68 Å². The Morgan fingerprint density at radius 3 is 2.79 bits per heavy atom. The summed E-state index contributed by atoms with van der Waals surface area (Å²) in [6.07, 6.45) is 2.98. The van der Waals surface area contributed by atoms with Crippen molar-refractivity contribution < 1.29 is 4.79 Å². The molecule has 1 fully saturated rings. The molecule has 0 amide bonds. The highest BCUT2D eigenvalue weighted by Gasteiger charge is 2.31. The van der Waals surface area contributed by atoms with Crippen LogP contribution in [0.25, 0.3) is 0 Å². The molecule has 0 radical (unpaired) electrons. The van der Waals surface area contributed by atoms with Crippen LogP contribution >= 0.6 is 23.2 Å². The summed E-state index contributed by atoms with van der Waals surface area (Å²) in [5.74, 6) is 0.401. The van der Waals surface area contributed by atoms with Crippen LogP contribution in [0.4, 0.5) is 0 Å². The van der Waals surface area contributed by atoms with E-state index in [1.54, 1.807) is 4.68 Å². The maximum atomic E-state index is 11.1. The van der Waals surface area contributed by atoms with Crippen molar-refractivity contribution in [2.45, 2.75) is 25.3 Å². The van der Waals surface area contributed by atoms with E-state index in [9.17, 15) is 4.79 Å². The number of halogens is 2. The minimum absolute atomic E-state index is 0.401. The minimum Gasteiger partial charge on any atom is -0.298 e. The number of aldehydes is 1. The maximum absolute atomic E-state index is 11.1. The molecule has 0 saturated heterocycles. The van der Waals surface area contributed by atoms with E-state index in [4.69, 9.17) is 23.2 Å². The van der Waals surface area contributed by atoms with Gasteiger partial charge >= 0.3 is 0 Å².